The zero-order valence-corrected chi connectivity index (χ0v) is 11.3. The van der Waals surface area contributed by atoms with E-state index in [4.69, 9.17) is 0 Å². The highest BCUT2D eigenvalue weighted by molar-refractivity contribution is 9.10. The molecular formula is C10H7BrN6O2. The molecule has 0 atom stereocenters. The lowest BCUT2D eigenvalue weighted by Gasteiger charge is -2.02. The number of aromatic nitrogens is 6. The van der Waals surface area contributed by atoms with Crippen LogP contribution >= 0.6 is 15.9 Å². The number of methoxy groups -OCH3 is 1. The van der Waals surface area contributed by atoms with E-state index in [2.05, 4.69) is 40.7 Å². The number of imidazole rings is 1. The molecule has 9 heteroatoms. The number of fused-ring (bicyclic) bond motifs is 1. The van der Waals surface area contributed by atoms with Gasteiger partial charge in [-0.25, -0.2) is 19.7 Å². The summed E-state index contributed by atoms with van der Waals surface area (Å²) in [6.45, 7) is 0. The highest BCUT2D eigenvalue weighted by Crippen LogP contribution is 2.15. The van der Waals surface area contributed by atoms with Gasteiger partial charge in [-0.1, -0.05) is 0 Å². The fourth-order valence-corrected chi connectivity index (χ4v) is 1.98. The first-order valence-corrected chi connectivity index (χ1v) is 5.98. The van der Waals surface area contributed by atoms with Gasteiger partial charge < -0.3 is 9.14 Å². The van der Waals surface area contributed by atoms with Crippen LogP contribution in [-0.2, 0) is 4.74 Å². The Labute approximate surface area is 115 Å². The molecular weight excluding hydrogens is 316 g/mol. The Morgan fingerprint density at radius 1 is 1.42 bits per heavy atom. The van der Waals surface area contributed by atoms with Crippen molar-refractivity contribution in [1.82, 2.24) is 29.1 Å². The summed E-state index contributed by atoms with van der Waals surface area (Å²) in [7, 11) is 1.27. The summed E-state index contributed by atoms with van der Waals surface area (Å²) in [5.74, 6) is -0.177. The van der Waals surface area contributed by atoms with Gasteiger partial charge in [0.25, 0.3) is 5.82 Å². The third-order valence-corrected chi connectivity index (χ3v) is 2.79. The molecule has 0 fully saturated rings. The van der Waals surface area contributed by atoms with Crippen molar-refractivity contribution in [2.24, 2.45) is 0 Å². The molecule has 0 spiro atoms. The number of nitrogens with zero attached hydrogens (tertiary/aromatic N) is 6. The molecule has 0 aromatic carbocycles. The highest BCUT2D eigenvalue weighted by atomic mass is 79.9. The first kappa shape index (κ1) is 11.8. The number of ether oxygens (including phenoxy) is 1. The molecule has 3 heterocycles. The van der Waals surface area contributed by atoms with Crippen molar-refractivity contribution in [2.45, 2.75) is 0 Å². The number of carbonyl (C=O) groups excluding carboxylic acids is 1. The van der Waals surface area contributed by atoms with Crippen molar-refractivity contribution in [3.05, 3.63) is 35.3 Å². The van der Waals surface area contributed by atoms with E-state index in [-0.39, 0.29) is 5.82 Å². The molecule has 0 radical (unpaired) electrons. The molecule has 3 aromatic rings. The van der Waals surface area contributed by atoms with Gasteiger partial charge in [0.05, 0.1) is 7.11 Å². The molecule has 0 amide bonds. The lowest BCUT2D eigenvalue weighted by Crippen LogP contribution is -2.07. The molecule has 0 saturated carbocycles. The SMILES string of the molecule is COC(=O)c1ncn(-c2nc(Br)cn3ccnc23)n1. The predicted octanol–water partition coefficient (Wildman–Crippen LogP) is 0.859. The maximum Gasteiger partial charge on any atom is 0.377 e. The lowest BCUT2D eigenvalue weighted by atomic mass is 10.6. The number of carbonyl (C=O) groups is 1. The Morgan fingerprint density at radius 3 is 3.05 bits per heavy atom. The van der Waals surface area contributed by atoms with E-state index < -0.39 is 5.97 Å². The van der Waals surface area contributed by atoms with Gasteiger partial charge in [0.1, 0.15) is 10.9 Å². The maximum absolute atomic E-state index is 11.3. The van der Waals surface area contributed by atoms with Crippen molar-refractivity contribution < 1.29 is 9.53 Å². The van der Waals surface area contributed by atoms with Gasteiger partial charge in [0.2, 0.25) is 0 Å². The fraction of sp³-hybridized carbons (Fsp3) is 0.100. The summed E-state index contributed by atoms with van der Waals surface area (Å²) < 4.78 is 8.33. The molecule has 0 aliphatic carbocycles. The minimum Gasteiger partial charge on any atom is -0.463 e. The molecule has 3 rings (SSSR count). The van der Waals surface area contributed by atoms with Crippen LogP contribution in [0, 0.1) is 0 Å². The summed E-state index contributed by atoms with van der Waals surface area (Å²) in [6.07, 6.45) is 6.58. The Balaban J connectivity index is 2.16. The molecule has 19 heavy (non-hydrogen) atoms. The zero-order chi connectivity index (χ0) is 13.4. The summed E-state index contributed by atoms with van der Waals surface area (Å²) >= 11 is 3.30. The van der Waals surface area contributed by atoms with Gasteiger partial charge in [-0.15, -0.1) is 5.10 Å². The second-order valence-corrected chi connectivity index (χ2v) is 4.36. The van der Waals surface area contributed by atoms with Gasteiger partial charge >= 0.3 is 5.97 Å². The van der Waals surface area contributed by atoms with Crippen molar-refractivity contribution >= 4 is 27.5 Å². The summed E-state index contributed by atoms with van der Waals surface area (Å²) in [5, 5.41) is 4.02. The first-order chi connectivity index (χ1) is 9.19. The van der Waals surface area contributed by atoms with Crippen LogP contribution < -0.4 is 0 Å². The molecule has 0 unspecified atom stereocenters. The molecule has 0 N–H and O–H groups in total. The van der Waals surface area contributed by atoms with Crippen molar-refractivity contribution in [3.63, 3.8) is 0 Å². The van der Waals surface area contributed by atoms with Gasteiger partial charge in [-0.05, 0) is 15.9 Å². The zero-order valence-electron chi connectivity index (χ0n) is 9.69. The molecule has 0 bridgehead atoms. The van der Waals surface area contributed by atoms with E-state index in [0.29, 0.717) is 16.1 Å². The highest BCUT2D eigenvalue weighted by Gasteiger charge is 2.15. The van der Waals surface area contributed by atoms with Crippen LogP contribution in [0.5, 0.6) is 0 Å². The maximum atomic E-state index is 11.3. The lowest BCUT2D eigenvalue weighted by molar-refractivity contribution is 0.0587. The number of rotatable bonds is 2. The molecule has 3 aromatic heterocycles. The Hall–Kier alpha value is -2.29. The Bertz CT molecular complexity index is 764. The van der Waals surface area contributed by atoms with Crippen LogP contribution in [0.3, 0.4) is 0 Å². The van der Waals surface area contributed by atoms with Crippen LogP contribution in [-0.4, -0.2) is 42.2 Å². The topological polar surface area (TPSA) is 87.2 Å². The summed E-state index contributed by atoms with van der Waals surface area (Å²) in [5.41, 5.74) is 0.601. The Kier molecular flexibility index (Phi) is 2.75. The number of halogens is 1. The smallest absolute Gasteiger partial charge is 0.377 e. The second kappa shape index (κ2) is 4.43. The van der Waals surface area contributed by atoms with Crippen molar-refractivity contribution in [3.8, 4) is 5.82 Å². The van der Waals surface area contributed by atoms with Crippen molar-refractivity contribution in [1.29, 1.82) is 0 Å². The average Bonchev–Trinajstić information content (AvgIpc) is 3.05. The molecule has 0 aliphatic rings. The first-order valence-electron chi connectivity index (χ1n) is 5.18. The van der Waals surface area contributed by atoms with Crippen molar-refractivity contribution in [2.75, 3.05) is 7.11 Å². The average molecular weight is 323 g/mol. The van der Waals surface area contributed by atoms with Gasteiger partial charge in [-0.2, -0.15) is 4.68 Å². The normalized spacial score (nSPS) is 10.8. The monoisotopic (exact) mass is 322 g/mol. The number of hydrogen-bond acceptors (Lipinski definition) is 6. The van der Waals surface area contributed by atoms with E-state index in [1.807, 2.05) is 0 Å². The number of esters is 1. The van der Waals surface area contributed by atoms with E-state index in [9.17, 15) is 4.79 Å². The van der Waals surface area contributed by atoms with E-state index in [0.717, 1.165) is 0 Å². The third-order valence-electron chi connectivity index (χ3n) is 2.40. The van der Waals surface area contributed by atoms with E-state index in [1.54, 1.807) is 23.0 Å². The second-order valence-electron chi connectivity index (χ2n) is 3.55. The minimum absolute atomic E-state index is 0.0334. The largest absolute Gasteiger partial charge is 0.463 e. The van der Waals surface area contributed by atoms with Crippen LogP contribution in [0.15, 0.2) is 29.5 Å². The van der Waals surface area contributed by atoms with Crippen LogP contribution in [0.1, 0.15) is 10.6 Å². The summed E-state index contributed by atoms with van der Waals surface area (Å²) in [6, 6.07) is 0. The van der Waals surface area contributed by atoms with E-state index >= 15 is 0 Å². The quantitative estimate of drug-likeness (QED) is 0.650. The van der Waals surface area contributed by atoms with E-state index in [1.165, 1.54) is 18.1 Å². The molecule has 0 saturated heterocycles. The minimum atomic E-state index is -0.604. The third kappa shape index (κ3) is 1.97. The van der Waals surface area contributed by atoms with Crippen LogP contribution in [0.4, 0.5) is 0 Å². The molecule has 96 valence electrons. The van der Waals surface area contributed by atoms with Crippen LogP contribution in [0.2, 0.25) is 0 Å². The van der Waals surface area contributed by atoms with Gasteiger partial charge in [0, 0.05) is 18.6 Å². The molecule has 8 nitrogen and oxygen atoms in total. The van der Waals surface area contributed by atoms with Gasteiger partial charge in [0.15, 0.2) is 11.5 Å². The van der Waals surface area contributed by atoms with Gasteiger partial charge in [-0.3, -0.25) is 0 Å². The fourth-order valence-electron chi connectivity index (χ4n) is 1.59. The summed E-state index contributed by atoms with van der Waals surface area (Å²) in [4.78, 5) is 23.7. The molecule has 0 aliphatic heterocycles. The predicted molar refractivity (Wildman–Crippen MR) is 66.9 cm³/mol. The standard InChI is InChI=1S/C10H7BrN6O2/c1-19-10(18)7-13-5-17(15-7)9-8-12-2-3-16(8)4-6(11)14-9/h2-5H,1H3. The number of hydrogen-bond donors (Lipinski definition) is 0. The van der Waals surface area contributed by atoms with Crippen LogP contribution in [0.25, 0.3) is 11.5 Å². The Morgan fingerprint density at radius 2 is 2.26 bits per heavy atom.